The van der Waals surface area contributed by atoms with Crippen molar-refractivity contribution in [3.05, 3.63) is 35.9 Å². The summed E-state index contributed by atoms with van der Waals surface area (Å²) < 4.78 is 1.54. The van der Waals surface area contributed by atoms with Gasteiger partial charge in [0.25, 0.3) is 0 Å². The fourth-order valence-corrected chi connectivity index (χ4v) is 2.92. The Balaban J connectivity index is 1.86. The Morgan fingerprint density at radius 1 is 1.43 bits per heavy atom. The van der Waals surface area contributed by atoms with Gasteiger partial charge in [-0.25, -0.2) is 9.67 Å². The van der Waals surface area contributed by atoms with Gasteiger partial charge >= 0.3 is 0 Å². The van der Waals surface area contributed by atoms with E-state index >= 15 is 0 Å². The van der Waals surface area contributed by atoms with Crippen molar-refractivity contribution in [2.45, 2.75) is 25.3 Å². The Kier molecular flexibility index (Phi) is 3.90. The summed E-state index contributed by atoms with van der Waals surface area (Å²) in [6, 6.07) is 5.46. The molecule has 1 amide bonds. The summed E-state index contributed by atoms with van der Waals surface area (Å²) in [5, 5.41) is 7.51. The quantitative estimate of drug-likeness (QED) is 0.908. The number of benzene rings is 1. The van der Waals surface area contributed by atoms with Gasteiger partial charge in [-0.15, -0.1) is 0 Å². The fourth-order valence-electron chi connectivity index (χ4n) is 2.66. The van der Waals surface area contributed by atoms with Gasteiger partial charge in [-0.05, 0) is 31.4 Å². The standard InChI is InChI=1S/C14H16ClN5O/c15-11-2-1-3-12(13(11)20-8-17-7-18-20)19-14(21)9-4-5-10(16)6-9/h1-3,7-10H,4-6,16H2,(H,19,21). The largest absolute Gasteiger partial charge is 0.328 e. The van der Waals surface area contributed by atoms with Gasteiger partial charge in [0.05, 0.1) is 10.7 Å². The first-order chi connectivity index (χ1) is 10.1. The van der Waals surface area contributed by atoms with Crippen molar-refractivity contribution in [1.82, 2.24) is 14.8 Å². The average Bonchev–Trinajstić information content (AvgIpc) is 3.10. The molecule has 0 aliphatic heterocycles. The number of anilines is 1. The number of carbonyl (C=O) groups is 1. The summed E-state index contributed by atoms with van der Waals surface area (Å²) in [6.07, 6.45) is 5.41. The Hall–Kier alpha value is -1.92. The minimum atomic E-state index is -0.0393. The summed E-state index contributed by atoms with van der Waals surface area (Å²) in [4.78, 5) is 16.2. The molecule has 0 saturated heterocycles. The monoisotopic (exact) mass is 305 g/mol. The lowest BCUT2D eigenvalue weighted by Gasteiger charge is -2.15. The molecule has 2 aromatic rings. The number of hydrogen-bond donors (Lipinski definition) is 2. The summed E-state index contributed by atoms with van der Waals surface area (Å²) >= 11 is 6.23. The van der Waals surface area contributed by atoms with E-state index in [4.69, 9.17) is 17.3 Å². The molecule has 3 N–H and O–H groups in total. The maximum absolute atomic E-state index is 12.3. The van der Waals surface area contributed by atoms with Crippen LogP contribution in [0.15, 0.2) is 30.9 Å². The van der Waals surface area contributed by atoms with E-state index in [0.29, 0.717) is 16.4 Å². The SMILES string of the molecule is NC1CCC(C(=O)Nc2cccc(Cl)c2-n2cncn2)C1. The Morgan fingerprint density at radius 3 is 2.95 bits per heavy atom. The molecule has 1 aromatic heterocycles. The molecular formula is C14H16ClN5O. The van der Waals surface area contributed by atoms with Gasteiger partial charge in [0.2, 0.25) is 5.91 Å². The number of rotatable bonds is 3. The Labute approximate surface area is 127 Å². The second-order valence-electron chi connectivity index (χ2n) is 5.24. The van der Waals surface area contributed by atoms with Crippen LogP contribution in [0.5, 0.6) is 0 Å². The molecule has 0 radical (unpaired) electrons. The first-order valence-corrected chi connectivity index (χ1v) is 7.23. The van der Waals surface area contributed by atoms with Gasteiger partial charge in [0, 0.05) is 12.0 Å². The lowest BCUT2D eigenvalue weighted by atomic mass is 10.1. The normalized spacial score (nSPS) is 21.4. The van der Waals surface area contributed by atoms with Crippen LogP contribution < -0.4 is 11.1 Å². The molecule has 2 unspecified atom stereocenters. The van der Waals surface area contributed by atoms with Crippen LogP contribution in [-0.4, -0.2) is 26.7 Å². The molecule has 6 nitrogen and oxygen atoms in total. The Morgan fingerprint density at radius 2 is 2.29 bits per heavy atom. The molecule has 110 valence electrons. The van der Waals surface area contributed by atoms with E-state index in [-0.39, 0.29) is 17.9 Å². The molecule has 1 heterocycles. The number of halogens is 1. The lowest BCUT2D eigenvalue weighted by Crippen LogP contribution is -2.23. The molecule has 0 spiro atoms. The number of carbonyl (C=O) groups excluding carboxylic acids is 1. The number of aromatic nitrogens is 3. The molecule has 21 heavy (non-hydrogen) atoms. The summed E-state index contributed by atoms with van der Waals surface area (Å²) in [5.74, 6) is -0.0610. The smallest absolute Gasteiger partial charge is 0.227 e. The third kappa shape index (κ3) is 2.91. The third-order valence-electron chi connectivity index (χ3n) is 3.74. The number of nitrogens with one attached hydrogen (secondary N) is 1. The molecule has 1 aliphatic rings. The van der Waals surface area contributed by atoms with E-state index in [1.807, 2.05) is 0 Å². The average molecular weight is 306 g/mol. The van der Waals surface area contributed by atoms with Crippen molar-refractivity contribution < 1.29 is 4.79 Å². The van der Waals surface area contributed by atoms with Gasteiger partial charge in [0.1, 0.15) is 18.3 Å². The van der Waals surface area contributed by atoms with Crippen LogP contribution in [0.1, 0.15) is 19.3 Å². The lowest BCUT2D eigenvalue weighted by molar-refractivity contribution is -0.119. The predicted octanol–water partition coefficient (Wildman–Crippen LogP) is 1.99. The zero-order valence-corrected chi connectivity index (χ0v) is 12.1. The molecule has 1 saturated carbocycles. The maximum Gasteiger partial charge on any atom is 0.227 e. The summed E-state index contributed by atoms with van der Waals surface area (Å²) in [6.45, 7) is 0. The Bertz CT molecular complexity index is 643. The number of para-hydroxylation sites is 1. The molecule has 1 fully saturated rings. The molecule has 3 rings (SSSR count). The van der Waals surface area contributed by atoms with Gasteiger partial charge < -0.3 is 11.1 Å². The molecule has 2 atom stereocenters. The second-order valence-corrected chi connectivity index (χ2v) is 5.64. The number of amides is 1. The van der Waals surface area contributed by atoms with E-state index < -0.39 is 0 Å². The number of nitrogens with two attached hydrogens (primary N) is 1. The third-order valence-corrected chi connectivity index (χ3v) is 4.04. The highest BCUT2D eigenvalue weighted by Gasteiger charge is 2.28. The molecular weight excluding hydrogens is 290 g/mol. The van der Waals surface area contributed by atoms with Gasteiger partial charge in [-0.1, -0.05) is 17.7 Å². The molecule has 1 aromatic carbocycles. The molecule has 1 aliphatic carbocycles. The maximum atomic E-state index is 12.3. The highest BCUT2D eigenvalue weighted by Crippen LogP contribution is 2.30. The summed E-state index contributed by atoms with van der Waals surface area (Å²) in [7, 11) is 0. The predicted molar refractivity (Wildman–Crippen MR) is 80.3 cm³/mol. The molecule has 0 bridgehead atoms. The zero-order chi connectivity index (χ0) is 14.8. The van der Waals surface area contributed by atoms with E-state index in [2.05, 4.69) is 15.4 Å². The van der Waals surface area contributed by atoms with Crippen LogP contribution in [0.2, 0.25) is 5.02 Å². The van der Waals surface area contributed by atoms with Crippen LogP contribution >= 0.6 is 11.6 Å². The first-order valence-electron chi connectivity index (χ1n) is 6.85. The highest BCUT2D eigenvalue weighted by atomic mass is 35.5. The van der Waals surface area contributed by atoms with Crippen molar-refractivity contribution in [1.29, 1.82) is 0 Å². The van der Waals surface area contributed by atoms with Crippen molar-refractivity contribution in [2.24, 2.45) is 11.7 Å². The van der Waals surface area contributed by atoms with Gasteiger partial charge in [0.15, 0.2) is 0 Å². The van der Waals surface area contributed by atoms with Gasteiger partial charge in [-0.3, -0.25) is 4.79 Å². The van der Waals surface area contributed by atoms with E-state index in [0.717, 1.165) is 19.3 Å². The van der Waals surface area contributed by atoms with Crippen LogP contribution in [0.4, 0.5) is 5.69 Å². The van der Waals surface area contributed by atoms with Crippen molar-refractivity contribution in [2.75, 3.05) is 5.32 Å². The van der Waals surface area contributed by atoms with Gasteiger partial charge in [-0.2, -0.15) is 5.10 Å². The highest BCUT2D eigenvalue weighted by molar-refractivity contribution is 6.33. The van der Waals surface area contributed by atoms with Crippen LogP contribution in [-0.2, 0) is 4.79 Å². The summed E-state index contributed by atoms with van der Waals surface area (Å²) in [5.41, 5.74) is 7.11. The minimum absolute atomic E-state index is 0.0217. The van der Waals surface area contributed by atoms with Crippen LogP contribution in [0.3, 0.4) is 0 Å². The van der Waals surface area contributed by atoms with E-state index in [9.17, 15) is 4.79 Å². The second kappa shape index (κ2) is 5.83. The first kappa shape index (κ1) is 14.0. The number of nitrogens with zero attached hydrogens (tertiary/aromatic N) is 3. The van der Waals surface area contributed by atoms with E-state index in [1.54, 1.807) is 29.2 Å². The minimum Gasteiger partial charge on any atom is -0.328 e. The van der Waals surface area contributed by atoms with Crippen molar-refractivity contribution >= 4 is 23.2 Å². The zero-order valence-electron chi connectivity index (χ0n) is 11.4. The van der Waals surface area contributed by atoms with Crippen molar-refractivity contribution in [3.8, 4) is 5.69 Å². The van der Waals surface area contributed by atoms with Crippen LogP contribution in [0, 0.1) is 5.92 Å². The van der Waals surface area contributed by atoms with E-state index in [1.165, 1.54) is 6.33 Å². The number of hydrogen-bond acceptors (Lipinski definition) is 4. The topological polar surface area (TPSA) is 85.8 Å². The van der Waals surface area contributed by atoms with Crippen molar-refractivity contribution in [3.63, 3.8) is 0 Å². The fraction of sp³-hybridized carbons (Fsp3) is 0.357. The molecule has 7 heteroatoms. The van der Waals surface area contributed by atoms with Crippen LogP contribution in [0.25, 0.3) is 5.69 Å².